The van der Waals surface area contributed by atoms with Gasteiger partial charge in [0.25, 0.3) is 5.91 Å². The molecular formula is C17H14Cl2F3N3O2. The molecular weight excluding hydrogens is 406 g/mol. The van der Waals surface area contributed by atoms with Crippen LogP contribution in [0.1, 0.15) is 23.0 Å². The quantitative estimate of drug-likeness (QED) is 0.725. The zero-order chi connectivity index (χ0) is 20.2. The minimum atomic E-state index is -4.62. The minimum Gasteiger partial charge on any atom is -0.328 e. The molecule has 27 heavy (non-hydrogen) atoms. The topological polar surface area (TPSA) is 62.3 Å². The summed E-state index contributed by atoms with van der Waals surface area (Å²) in [6, 6.07) is 7.36. The molecule has 0 aliphatic heterocycles. The molecule has 0 saturated heterocycles. The fourth-order valence-corrected chi connectivity index (χ4v) is 2.58. The van der Waals surface area contributed by atoms with E-state index >= 15 is 0 Å². The molecule has 1 aromatic heterocycles. The summed E-state index contributed by atoms with van der Waals surface area (Å²) in [7, 11) is 0. The van der Waals surface area contributed by atoms with Crippen molar-refractivity contribution < 1.29 is 22.8 Å². The maximum atomic E-state index is 13.0. The van der Waals surface area contributed by atoms with Crippen LogP contribution >= 0.6 is 23.2 Å². The second kappa shape index (κ2) is 8.58. The zero-order valence-corrected chi connectivity index (χ0v) is 15.5. The van der Waals surface area contributed by atoms with Crippen LogP contribution in [0.25, 0.3) is 0 Å². The maximum absolute atomic E-state index is 13.0. The van der Waals surface area contributed by atoms with Crippen LogP contribution in [0.15, 0.2) is 36.4 Å². The van der Waals surface area contributed by atoms with E-state index in [-0.39, 0.29) is 22.4 Å². The van der Waals surface area contributed by atoms with E-state index in [2.05, 4.69) is 10.3 Å². The average Bonchev–Trinajstić information content (AvgIpc) is 2.60. The second-order valence-electron chi connectivity index (χ2n) is 5.38. The number of hydrogen-bond acceptors (Lipinski definition) is 3. The fourth-order valence-electron chi connectivity index (χ4n) is 2.25. The third-order valence-electron chi connectivity index (χ3n) is 3.52. The number of rotatable bonds is 5. The van der Waals surface area contributed by atoms with Crippen LogP contribution < -0.4 is 5.32 Å². The summed E-state index contributed by atoms with van der Waals surface area (Å²) in [4.78, 5) is 29.7. The van der Waals surface area contributed by atoms with E-state index < -0.39 is 35.8 Å². The van der Waals surface area contributed by atoms with Crippen molar-refractivity contribution in [3.63, 3.8) is 0 Å². The number of pyridine rings is 1. The van der Waals surface area contributed by atoms with Gasteiger partial charge in [-0.25, -0.2) is 4.98 Å². The SMILES string of the molecule is CCN(CC(=O)Nc1ccccc1C(F)(F)F)C(=O)c1nc(Cl)ccc1Cl. The summed E-state index contributed by atoms with van der Waals surface area (Å²) in [5.74, 6) is -1.45. The Bertz CT molecular complexity index is 860. The first kappa shape index (κ1) is 21.0. The van der Waals surface area contributed by atoms with E-state index in [9.17, 15) is 22.8 Å². The molecule has 10 heteroatoms. The molecule has 0 spiro atoms. The Hall–Kier alpha value is -2.32. The summed E-state index contributed by atoms with van der Waals surface area (Å²) in [6.45, 7) is 1.23. The lowest BCUT2D eigenvalue weighted by Crippen LogP contribution is -2.38. The first-order chi connectivity index (χ1) is 12.6. The number of amides is 2. The summed E-state index contributed by atoms with van der Waals surface area (Å²) >= 11 is 11.7. The van der Waals surface area contributed by atoms with Gasteiger partial charge in [0.05, 0.1) is 16.3 Å². The van der Waals surface area contributed by atoms with E-state index in [1.54, 1.807) is 6.92 Å². The zero-order valence-electron chi connectivity index (χ0n) is 14.0. The van der Waals surface area contributed by atoms with Gasteiger partial charge in [-0.1, -0.05) is 35.3 Å². The van der Waals surface area contributed by atoms with E-state index in [4.69, 9.17) is 23.2 Å². The standard InChI is InChI=1S/C17H14Cl2F3N3O2/c1-2-25(16(27)15-11(18)7-8-13(19)24-15)9-14(26)23-12-6-4-3-5-10(12)17(20,21)22/h3-8H,2,9H2,1H3,(H,23,26). The number of carbonyl (C=O) groups excluding carboxylic acids is 2. The van der Waals surface area contributed by atoms with Crippen LogP contribution in [0, 0.1) is 0 Å². The highest BCUT2D eigenvalue weighted by Gasteiger charge is 2.33. The lowest BCUT2D eigenvalue weighted by Gasteiger charge is -2.21. The van der Waals surface area contributed by atoms with Crippen LogP contribution in [0.4, 0.5) is 18.9 Å². The number of halogens is 5. The third-order valence-corrected chi connectivity index (χ3v) is 4.04. The molecule has 144 valence electrons. The number of likely N-dealkylation sites (N-methyl/N-ethyl adjacent to an activating group) is 1. The number of nitrogens with zero attached hydrogens (tertiary/aromatic N) is 2. The number of nitrogens with one attached hydrogen (secondary N) is 1. The molecule has 0 aliphatic rings. The Morgan fingerprint density at radius 3 is 2.44 bits per heavy atom. The summed E-state index contributed by atoms with van der Waals surface area (Å²) < 4.78 is 39.0. The molecule has 0 bridgehead atoms. The average molecular weight is 420 g/mol. The largest absolute Gasteiger partial charge is 0.418 e. The number of carbonyl (C=O) groups is 2. The van der Waals surface area contributed by atoms with Gasteiger partial charge < -0.3 is 10.2 Å². The summed E-state index contributed by atoms with van der Waals surface area (Å²) in [5.41, 5.74) is -1.51. The van der Waals surface area contributed by atoms with E-state index in [0.29, 0.717) is 0 Å². The fraction of sp³-hybridized carbons (Fsp3) is 0.235. The van der Waals surface area contributed by atoms with Gasteiger partial charge in [-0.2, -0.15) is 13.2 Å². The Balaban J connectivity index is 2.17. The first-order valence-corrected chi connectivity index (χ1v) is 8.46. The predicted octanol–water partition coefficient (Wildman–Crippen LogP) is 4.51. The highest BCUT2D eigenvalue weighted by atomic mass is 35.5. The number of alkyl halides is 3. The molecule has 2 amide bonds. The van der Waals surface area contributed by atoms with Crippen molar-refractivity contribution in [2.24, 2.45) is 0 Å². The van der Waals surface area contributed by atoms with Crippen molar-refractivity contribution in [3.05, 3.63) is 57.8 Å². The summed E-state index contributed by atoms with van der Waals surface area (Å²) in [5, 5.41) is 2.27. The molecule has 0 aliphatic carbocycles. The number of para-hydroxylation sites is 1. The van der Waals surface area contributed by atoms with Crippen LogP contribution in [0.3, 0.4) is 0 Å². The first-order valence-electron chi connectivity index (χ1n) is 7.71. The molecule has 1 N–H and O–H groups in total. The molecule has 0 saturated carbocycles. The number of benzene rings is 1. The van der Waals surface area contributed by atoms with Gasteiger partial charge in [-0.15, -0.1) is 0 Å². The maximum Gasteiger partial charge on any atom is 0.418 e. The molecule has 5 nitrogen and oxygen atoms in total. The van der Waals surface area contributed by atoms with Crippen LogP contribution in [-0.4, -0.2) is 34.8 Å². The highest BCUT2D eigenvalue weighted by Crippen LogP contribution is 2.34. The van der Waals surface area contributed by atoms with E-state index in [0.717, 1.165) is 17.0 Å². The van der Waals surface area contributed by atoms with Gasteiger partial charge >= 0.3 is 6.18 Å². The number of hydrogen-bond donors (Lipinski definition) is 1. The van der Waals surface area contributed by atoms with Crippen LogP contribution in [0.5, 0.6) is 0 Å². The number of anilines is 1. The monoisotopic (exact) mass is 419 g/mol. The third kappa shape index (κ3) is 5.33. The van der Waals surface area contributed by atoms with Crippen LogP contribution in [-0.2, 0) is 11.0 Å². The van der Waals surface area contributed by atoms with Gasteiger partial charge in [0.2, 0.25) is 5.91 Å². The minimum absolute atomic E-state index is 0.0439. The Morgan fingerprint density at radius 1 is 1.15 bits per heavy atom. The van der Waals surface area contributed by atoms with Gasteiger partial charge in [-0.05, 0) is 31.2 Å². The molecule has 2 rings (SSSR count). The smallest absolute Gasteiger partial charge is 0.328 e. The van der Waals surface area contributed by atoms with E-state index in [1.807, 2.05) is 0 Å². The van der Waals surface area contributed by atoms with E-state index in [1.165, 1.54) is 24.3 Å². The van der Waals surface area contributed by atoms with Gasteiger partial charge in [0.15, 0.2) is 0 Å². The highest BCUT2D eigenvalue weighted by molar-refractivity contribution is 6.34. The molecule has 1 aromatic carbocycles. The van der Waals surface area contributed by atoms with Crippen molar-refractivity contribution >= 4 is 40.7 Å². The Labute approximate surface area is 163 Å². The van der Waals surface area contributed by atoms with Gasteiger partial charge in [-0.3, -0.25) is 9.59 Å². The molecule has 0 atom stereocenters. The molecule has 0 radical (unpaired) electrons. The molecule has 0 unspecified atom stereocenters. The lowest BCUT2D eigenvalue weighted by molar-refractivity contribution is -0.137. The van der Waals surface area contributed by atoms with Crippen molar-refractivity contribution in [1.29, 1.82) is 0 Å². The van der Waals surface area contributed by atoms with Gasteiger partial charge in [0.1, 0.15) is 17.4 Å². The lowest BCUT2D eigenvalue weighted by atomic mass is 10.1. The number of aromatic nitrogens is 1. The van der Waals surface area contributed by atoms with Crippen molar-refractivity contribution in [3.8, 4) is 0 Å². The molecule has 0 fully saturated rings. The molecule has 1 heterocycles. The predicted molar refractivity (Wildman–Crippen MR) is 95.9 cm³/mol. The normalized spacial score (nSPS) is 11.2. The molecule has 2 aromatic rings. The Kier molecular flexibility index (Phi) is 6.67. The van der Waals surface area contributed by atoms with Crippen molar-refractivity contribution in [1.82, 2.24) is 9.88 Å². The van der Waals surface area contributed by atoms with Crippen molar-refractivity contribution in [2.45, 2.75) is 13.1 Å². The van der Waals surface area contributed by atoms with Gasteiger partial charge in [0, 0.05) is 6.54 Å². The summed E-state index contributed by atoms with van der Waals surface area (Å²) in [6.07, 6.45) is -4.62. The second-order valence-corrected chi connectivity index (χ2v) is 6.17. The Morgan fingerprint density at radius 2 is 1.81 bits per heavy atom. The van der Waals surface area contributed by atoms with Crippen LogP contribution in [0.2, 0.25) is 10.2 Å². The van der Waals surface area contributed by atoms with Crippen molar-refractivity contribution in [2.75, 3.05) is 18.4 Å².